The van der Waals surface area contributed by atoms with Crippen LogP contribution in [0, 0.1) is 5.82 Å². The van der Waals surface area contributed by atoms with Gasteiger partial charge < -0.3 is 9.15 Å². The second kappa shape index (κ2) is 7.68. The lowest BCUT2D eigenvalue weighted by atomic mass is 10.2. The van der Waals surface area contributed by atoms with Crippen molar-refractivity contribution in [3.05, 3.63) is 70.8 Å². The molecule has 0 radical (unpaired) electrons. The zero-order valence-electron chi connectivity index (χ0n) is 12.8. The van der Waals surface area contributed by atoms with Crippen molar-refractivity contribution in [2.24, 2.45) is 0 Å². The summed E-state index contributed by atoms with van der Waals surface area (Å²) in [4.78, 5) is 0. The van der Waals surface area contributed by atoms with E-state index in [1.54, 1.807) is 36.4 Å². The number of hydrogen-bond donors (Lipinski definition) is 0. The van der Waals surface area contributed by atoms with E-state index < -0.39 is 0 Å². The Morgan fingerprint density at radius 3 is 2.54 bits per heavy atom. The van der Waals surface area contributed by atoms with Crippen molar-refractivity contribution in [2.45, 2.75) is 24.0 Å². The Morgan fingerprint density at radius 1 is 1.12 bits per heavy atom. The summed E-state index contributed by atoms with van der Waals surface area (Å²) in [5.41, 5.74) is 0.985. The Morgan fingerprint density at radius 2 is 1.83 bits per heavy atom. The van der Waals surface area contributed by atoms with E-state index in [4.69, 9.17) is 20.8 Å². The molecule has 1 unspecified atom stereocenters. The van der Waals surface area contributed by atoms with Crippen molar-refractivity contribution in [2.75, 3.05) is 0 Å². The molecule has 0 amide bonds. The summed E-state index contributed by atoms with van der Waals surface area (Å²) in [5, 5.41) is 9.12. The van der Waals surface area contributed by atoms with Crippen LogP contribution in [0.2, 0.25) is 5.02 Å². The molecule has 0 bridgehead atoms. The quantitative estimate of drug-likeness (QED) is 0.556. The lowest BCUT2D eigenvalue weighted by molar-refractivity contribution is 0.252. The topological polar surface area (TPSA) is 48.2 Å². The molecule has 0 fully saturated rings. The van der Waals surface area contributed by atoms with Gasteiger partial charge in [0.25, 0.3) is 11.1 Å². The number of ether oxygens (including phenoxy) is 1. The minimum atomic E-state index is -0.254. The van der Waals surface area contributed by atoms with Gasteiger partial charge in [0.1, 0.15) is 11.6 Å². The van der Waals surface area contributed by atoms with Gasteiger partial charge in [-0.1, -0.05) is 35.5 Å². The molecule has 0 aliphatic heterocycles. The van der Waals surface area contributed by atoms with Crippen LogP contribution in [0.3, 0.4) is 0 Å². The summed E-state index contributed by atoms with van der Waals surface area (Å²) < 4.78 is 24.1. The fraction of sp³-hybridized carbons (Fsp3) is 0.176. The first kappa shape index (κ1) is 16.8. The van der Waals surface area contributed by atoms with E-state index in [1.165, 1.54) is 23.9 Å². The van der Waals surface area contributed by atoms with Crippen LogP contribution in [0.1, 0.15) is 23.6 Å². The molecule has 4 nitrogen and oxygen atoms in total. The highest BCUT2D eigenvalue weighted by Crippen LogP contribution is 2.33. The van der Waals surface area contributed by atoms with Crippen LogP contribution in [0.15, 0.2) is 58.2 Å². The van der Waals surface area contributed by atoms with E-state index in [-0.39, 0.29) is 17.7 Å². The number of nitrogens with zero attached hydrogens (tertiary/aromatic N) is 2. The predicted octanol–water partition coefficient (Wildman–Crippen LogP) is 5.29. The van der Waals surface area contributed by atoms with E-state index in [1.807, 2.05) is 6.92 Å². The lowest BCUT2D eigenvalue weighted by Crippen LogP contribution is -1.95. The first-order valence-electron chi connectivity index (χ1n) is 7.23. The van der Waals surface area contributed by atoms with Gasteiger partial charge in [-0.15, -0.1) is 10.2 Å². The zero-order valence-corrected chi connectivity index (χ0v) is 14.4. The monoisotopic (exact) mass is 364 g/mol. The molecule has 3 aromatic rings. The highest BCUT2D eigenvalue weighted by atomic mass is 35.5. The van der Waals surface area contributed by atoms with E-state index in [0.29, 0.717) is 21.9 Å². The van der Waals surface area contributed by atoms with Gasteiger partial charge in [0.15, 0.2) is 6.61 Å². The molecule has 1 aromatic heterocycles. The maximum Gasteiger partial charge on any atom is 0.277 e. The summed E-state index contributed by atoms with van der Waals surface area (Å²) in [6.07, 6.45) is 0. The number of halogens is 2. The lowest BCUT2D eigenvalue weighted by Gasteiger charge is -2.08. The average Bonchev–Trinajstić information content (AvgIpc) is 3.02. The molecule has 3 rings (SSSR count). The van der Waals surface area contributed by atoms with Crippen molar-refractivity contribution >= 4 is 23.4 Å². The Bertz CT molecular complexity index is 793. The summed E-state index contributed by atoms with van der Waals surface area (Å²) in [5.74, 6) is 0.806. The van der Waals surface area contributed by atoms with Crippen molar-refractivity contribution in [3.63, 3.8) is 0 Å². The van der Waals surface area contributed by atoms with Gasteiger partial charge in [-0.05, 0) is 48.9 Å². The molecule has 124 valence electrons. The summed E-state index contributed by atoms with van der Waals surface area (Å²) in [6, 6.07) is 13.4. The Hall–Kier alpha value is -2.05. The van der Waals surface area contributed by atoms with Crippen LogP contribution in [0.4, 0.5) is 4.39 Å². The normalized spacial score (nSPS) is 12.1. The Labute approximate surface area is 148 Å². The summed E-state index contributed by atoms with van der Waals surface area (Å²) >= 11 is 7.23. The molecular weight excluding hydrogens is 351 g/mol. The van der Waals surface area contributed by atoms with E-state index in [9.17, 15) is 4.39 Å². The molecule has 0 saturated carbocycles. The fourth-order valence-electron chi connectivity index (χ4n) is 1.97. The second-order valence-electron chi connectivity index (χ2n) is 5.02. The maximum absolute atomic E-state index is 13.0. The SMILES string of the molecule is CC(Sc1nnc(COc2ccc(Cl)cc2)o1)c1ccc(F)cc1. The molecule has 24 heavy (non-hydrogen) atoms. The van der Waals surface area contributed by atoms with Gasteiger partial charge >= 0.3 is 0 Å². The average molecular weight is 365 g/mol. The molecule has 2 aromatic carbocycles. The predicted molar refractivity (Wildman–Crippen MR) is 90.8 cm³/mol. The highest BCUT2D eigenvalue weighted by molar-refractivity contribution is 7.99. The first-order valence-corrected chi connectivity index (χ1v) is 8.49. The molecule has 1 heterocycles. The van der Waals surface area contributed by atoms with Crippen molar-refractivity contribution < 1.29 is 13.5 Å². The molecule has 0 N–H and O–H groups in total. The van der Waals surface area contributed by atoms with Crippen molar-refractivity contribution in [1.29, 1.82) is 0 Å². The third-order valence-corrected chi connectivity index (χ3v) is 4.49. The zero-order chi connectivity index (χ0) is 16.9. The van der Waals surface area contributed by atoms with Crippen molar-refractivity contribution in [3.8, 4) is 5.75 Å². The molecule has 0 spiro atoms. The van der Waals surface area contributed by atoms with Crippen LogP contribution in [0.5, 0.6) is 5.75 Å². The molecule has 0 saturated heterocycles. The number of rotatable bonds is 6. The van der Waals surface area contributed by atoms with Gasteiger partial charge in [0.05, 0.1) is 0 Å². The largest absolute Gasteiger partial charge is 0.484 e. The van der Waals surface area contributed by atoms with E-state index >= 15 is 0 Å². The molecule has 0 aliphatic rings. The first-order chi connectivity index (χ1) is 11.6. The van der Waals surface area contributed by atoms with Crippen LogP contribution < -0.4 is 4.74 Å². The third kappa shape index (κ3) is 4.49. The van der Waals surface area contributed by atoms with E-state index in [0.717, 1.165) is 5.56 Å². The Balaban J connectivity index is 1.56. The minimum absolute atomic E-state index is 0.0658. The van der Waals surface area contributed by atoms with E-state index in [2.05, 4.69) is 10.2 Å². The van der Waals surface area contributed by atoms with Gasteiger partial charge in [-0.2, -0.15) is 0 Å². The minimum Gasteiger partial charge on any atom is -0.484 e. The van der Waals surface area contributed by atoms with Crippen LogP contribution in [-0.2, 0) is 6.61 Å². The number of benzene rings is 2. The van der Waals surface area contributed by atoms with Gasteiger partial charge in [0, 0.05) is 10.3 Å². The molecule has 7 heteroatoms. The third-order valence-electron chi connectivity index (χ3n) is 3.24. The highest BCUT2D eigenvalue weighted by Gasteiger charge is 2.13. The van der Waals surface area contributed by atoms with Crippen molar-refractivity contribution in [1.82, 2.24) is 10.2 Å². The number of aromatic nitrogens is 2. The standard InChI is InChI=1S/C17H14ClFN2O2S/c1-11(12-2-6-14(19)7-3-12)24-17-21-20-16(23-17)10-22-15-8-4-13(18)5-9-15/h2-9,11H,10H2,1H3. The Kier molecular flexibility index (Phi) is 5.37. The molecule has 1 atom stereocenters. The van der Waals surface area contributed by atoms with Gasteiger partial charge in [-0.25, -0.2) is 4.39 Å². The van der Waals surface area contributed by atoms with Crippen LogP contribution in [-0.4, -0.2) is 10.2 Å². The molecular formula is C17H14ClFN2O2S. The molecule has 0 aliphatic carbocycles. The van der Waals surface area contributed by atoms with Crippen LogP contribution >= 0.6 is 23.4 Å². The summed E-state index contributed by atoms with van der Waals surface area (Å²) in [7, 11) is 0. The summed E-state index contributed by atoms with van der Waals surface area (Å²) in [6.45, 7) is 2.17. The maximum atomic E-state index is 13.0. The smallest absolute Gasteiger partial charge is 0.277 e. The van der Waals surface area contributed by atoms with Crippen LogP contribution in [0.25, 0.3) is 0 Å². The van der Waals surface area contributed by atoms with Gasteiger partial charge in [-0.3, -0.25) is 0 Å². The number of hydrogen-bond acceptors (Lipinski definition) is 5. The number of thioether (sulfide) groups is 1. The van der Waals surface area contributed by atoms with Gasteiger partial charge in [0.2, 0.25) is 0 Å². The fourth-order valence-corrected chi connectivity index (χ4v) is 2.93. The second-order valence-corrected chi connectivity index (χ2v) is 6.74.